The molecule has 0 fully saturated rings. The first-order valence-corrected chi connectivity index (χ1v) is 6.35. The first kappa shape index (κ1) is 12.7. The zero-order valence-electron chi connectivity index (χ0n) is 10.6. The fraction of sp³-hybridized carbons (Fsp3) is 0.0667. The third-order valence-corrected chi connectivity index (χ3v) is 3.09. The van der Waals surface area contributed by atoms with E-state index < -0.39 is 5.97 Å². The van der Waals surface area contributed by atoms with Gasteiger partial charge in [0.15, 0.2) is 5.70 Å². The molecule has 0 saturated heterocycles. The van der Waals surface area contributed by atoms with Gasteiger partial charge in [-0.3, -0.25) is 0 Å². The van der Waals surface area contributed by atoms with Crippen molar-refractivity contribution in [1.82, 2.24) is 0 Å². The smallest absolute Gasteiger partial charge is 0.363 e. The maximum atomic E-state index is 11.8. The molecule has 0 saturated carbocycles. The van der Waals surface area contributed by atoms with Gasteiger partial charge in [0.05, 0.1) is 10.6 Å². The molecular weight excluding hydrogens is 278 g/mol. The Hall–Kier alpha value is -2.33. The van der Waals surface area contributed by atoms with E-state index in [4.69, 9.17) is 20.8 Å². The fourth-order valence-electron chi connectivity index (χ4n) is 1.82. The van der Waals surface area contributed by atoms with E-state index in [1.165, 1.54) is 0 Å². The molecule has 0 radical (unpaired) electrons. The number of furan rings is 1. The summed E-state index contributed by atoms with van der Waals surface area (Å²) >= 11 is 6.05. The second-order valence-electron chi connectivity index (χ2n) is 4.26. The van der Waals surface area contributed by atoms with E-state index in [-0.39, 0.29) is 11.6 Å². The molecule has 2 aromatic rings. The van der Waals surface area contributed by atoms with Crippen molar-refractivity contribution in [3.8, 4) is 0 Å². The number of halogens is 1. The number of aryl methyl sites for hydroxylation is 1. The van der Waals surface area contributed by atoms with E-state index in [1.807, 2.05) is 13.0 Å². The van der Waals surface area contributed by atoms with Gasteiger partial charge in [0, 0.05) is 6.08 Å². The summed E-state index contributed by atoms with van der Waals surface area (Å²) in [6, 6.07) is 10.6. The minimum Gasteiger partial charge on any atom is -0.462 e. The standard InChI is InChI=1S/C15H10ClNO3/c1-9-6-7-10(19-9)8-13-15(18)20-14(17-13)11-4-2-3-5-12(11)16/h2-8H,1H3. The Labute approximate surface area is 120 Å². The largest absolute Gasteiger partial charge is 0.462 e. The Morgan fingerprint density at radius 2 is 2.00 bits per heavy atom. The lowest BCUT2D eigenvalue weighted by Gasteiger charge is -2.00. The lowest BCUT2D eigenvalue weighted by molar-refractivity contribution is -0.129. The second-order valence-corrected chi connectivity index (χ2v) is 4.67. The van der Waals surface area contributed by atoms with Gasteiger partial charge < -0.3 is 9.15 Å². The molecular formula is C15H10ClNO3. The van der Waals surface area contributed by atoms with Gasteiger partial charge in [0.2, 0.25) is 5.90 Å². The average Bonchev–Trinajstić information content (AvgIpc) is 2.98. The van der Waals surface area contributed by atoms with Crippen molar-refractivity contribution in [2.75, 3.05) is 0 Å². The molecule has 3 rings (SSSR count). The fourth-order valence-corrected chi connectivity index (χ4v) is 2.04. The van der Waals surface area contributed by atoms with Crippen LogP contribution in [0.25, 0.3) is 6.08 Å². The lowest BCUT2D eigenvalue weighted by Crippen LogP contribution is -2.05. The lowest BCUT2D eigenvalue weighted by atomic mass is 10.2. The van der Waals surface area contributed by atoms with Crippen molar-refractivity contribution in [2.45, 2.75) is 6.92 Å². The van der Waals surface area contributed by atoms with Gasteiger partial charge in [0.25, 0.3) is 0 Å². The number of carbonyl (C=O) groups excluding carboxylic acids is 1. The van der Waals surface area contributed by atoms with Crippen LogP contribution in [0.1, 0.15) is 17.1 Å². The van der Waals surface area contributed by atoms with Crippen LogP contribution in [0, 0.1) is 6.92 Å². The van der Waals surface area contributed by atoms with Crippen molar-refractivity contribution >= 4 is 29.5 Å². The Balaban J connectivity index is 1.97. The molecule has 4 nitrogen and oxygen atoms in total. The van der Waals surface area contributed by atoms with Crippen LogP contribution in [0.3, 0.4) is 0 Å². The molecule has 20 heavy (non-hydrogen) atoms. The van der Waals surface area contributed by atoms with E-state index in [0.29, 0.717) is 16.3 Å². The Kier molecular flexibility index (Phi) is 3.16. The molecule has 0 unspecified atom stereocenters. The van der Waals surface area contributed by atoms with E-state index >= 15 is 0 Å². The van der Waals surface area contributed by atoms with Gasteiger partial charge in [-0.25, -0.2) is 9.79 Å². The zero-order chi connectivity index (χ0) is 14.1. The summed E-state index contributed by atoms with van der Waals surface area (Å²) in [5.74, 6) is 1.00. The molecule has 1 aromatic carbocycles. The van der Waals surface area contributed by atoms with Crippen LogP contribution in [0.4, 0.5) is 0 Å². The molecule has 0 atom stereocenters. The van der Waals surface area contributed by atoms with Crippen molar-refractivity contribution in [3.05, 3.63) is 64.2 Å². The zero-order valence-corrected chi connectivity index (χ0v) is 11.3. The summed E-state index contributed by atoms with van der Waals surface area (Å²) in [4.78, 5) is 16.0. The molecule has 5 heteroatoms. The highest BCUT2D eigenvalue weighted by Crippen LogP contribution is 2.23. The van der Waals surface area contributed by atoms with Gasteiger partial charge >= 0.3 is 5.97 Å². The number of benzene rings is 1. The van der Waals surface area contributed by atoms with E-state index in [9.17, 15) is 4.79 Å². The molecule has 1 aliphatic rings. The highest BCUT2D eigenvalue weighted by Gasteiger charge is 2.25. The van der Waals surface area contributed by atoms with E-state index in [0.717, 1.165) is 5.76 Å². The van der Waals surface area contributed by atoms with Crippen LogP contribution in [-0.4, -0.2) is 11.9 Å². The first-order chi connectivity index (χ1) is 9.63. The molecule has 0 spiro atoms. The number of rotatable bonds is 2. The normalized spacial score (nSPS) is 16.4. The van der Waals surface area contributed by atoms with Crippen LogP contribution in [0.5, 0.6) is 0 Å². The third kappa shape index (κ3) is 2.38. The molecule has 0 N–H and O–H groups in total. The molecule has 0 bridgehead atoms. The molecule has 1 aliphatic heterocycles. The predicted octanol–water partition coefficient (Wildman–Crippen LogP) is 3.59. The second kappa shape index (κ2) is 4.98. The average molecular weight is 288 g/mol. The maximum absolute atomic E-state index is 11.8. The Morgan fingerprint density at radius 1 is 1.20 bits per heavy atom. The topological polar surface area (TPSA) is 51.8 Å². The van der Waals surface area contributed by atoms with Crippen LogP contribution in [0.15, 0.2) is 51.5 Å². The first-order valence-electron chi connectivity index (χ1n) is 5.97. The molecule has 100 valence electrons. The summed E-state index contributed by atoms with van der Waals surface area (Å²) in [6.07, 6.45) is 1.54. The SMILES string of the molecule is Cc1ccc(C=C2N=C(c3ccccc3Cl)OC2=O)o1. The number of esters is 1. The minimum atomic E-state index is -0.519. The molecule has 0 amide bonds. The van der Waals surface area contributed by atoms with Crippen molar-refractivity contribution < 1.29 is 13.9 Å². The number of cyclic esters (lactones) is 1. The summed E-state index contributed by atoms with van der Waals surface area (Å²) in [7, 11) is 0. The Morgan fingerprint density at radius 3 is 2.70 bits per heavy atom. The van der Waals surface area contributed by atoms with Crippen LogP contribution in [0.2, 0.25) is 5.02 Å². The van der Waals surface area contributed by atoms with Gasteiger partial charge in [-0.1, -0.05) is 23.7 Å². The number of nitrogens with zero attached hydrogens (tertiary/aromatic N) is 1. The van der Waals surface area contributed by atoms with Gasteiger partial charge in [-0.05, 0) is 31.2 Å². The highest BCUT2D eigenvalue weighted by molar-refractivity contribution is 6.34. The molecule has 1 aromatic heterocycles. The van der Waals surface area contributed by atoms with Crippen LogP contribution in [-0.2, 0) is 9.53 Å². The maximum Gasteiger partial charge on any atom is 0.363 e. The Bertz CT molecular complexity index is 743. The van der Waals surface area contributed by atoms with Gasteiger partial charge in [-0.15, -0.1) is 0 Å². The van der Waals surface area contributed by atoms with Gasteiger partial charge in [0.1, 0.15) is 11.5 Å². The van der Waals surface area contributed by atoms with Crippen molar-refractivity contribution in [2.24, 2.45) is 4.99 Å². The number of carbonyl (C=O) groups is 1. The number of aliphatic imine (C=N–C) groups is 1. The summed E-state index contributed by atoms with van der Waals surface area (Å²) in [6.45, 7) is 1.83. The molecule has 2 heterocycles. The number of hydrogen-bond donors (Lipinski definition) is 0. The van der Waals surface area contributed by atoms with Gasteiger partial charge in [-0.2, -0.15) is 0 Å². The highest BCUT2D eigenvalue weighted by atomic mass is 35.5. The number of hydrogen-bond acceptors (Lipinski definition) is 4. The predicted molar refractivity (Wildman–Crippen MR) is 75.5 cm³/mol. The van der Waals surface area contributed by atoms with E-state index in [1.54, 1.807) is 36.4 Å². The van der Waals surface area contributed by atoms with E-state index in [2.05, 4.69) is 4.99 Å². The minimum absolute atomic E-state index is 0.189. The number of ether oxygens (including phenoxy) is 1. The van der Waals surface area contributed by atoms with Crippen molar-refractivity contribution in [3.63, 3.8) is 0 Å². The third-order valence-electron chi connectivity index (χ3n) is 2.76. The monoisotopic (exact) mass is 287 g/mol. The quantitative estimate of drug-likeness (QED) is 0.626. The van der Waals surface area contributed by atoms with Crippen LogP contribution < -0.4 is 0 Å². The summed E-state index contributed by atoms with van der Waals surface area (Å²) in [5, 5.41) is 0.481. The van der Waals surface area contributed by atoms with Crippen molar-refractivity contribution in [1.29, 1.82) is 0 Å². The molecule has 0 aliphatic carbocycles. The van der Waals surface area contributed by atoms with Crippen LogP contribution >= 0.6 is 11.6 Å². The summed E-state index contributed by atoms with van der Waals surface area (Å²) in [5.41, 5.74) is 0.774. The summed E-state index contributed by atoms with van der Waals surface area (Å²) < 4.78 is 10.5.